The number of carbonyl (C=O) groups is 1. The minimum Gasteiger partial charge on any atom is -0.506 e. The highest BCUT2D eigenvalue weighted by molar-refractivity contribution is 6.08. The number of nitrogens with zero attached hydrogens (tertiary/aromatic N) is 2. The van der Waals surface area contributed by atoms with Crippen molar-refractivity contribution in [3.8, 4) is 11.4 Å². The smallest absolute Gasteiger partial charge is 0.266 e. The Morgan fingerprint density at radius 3 is 2.48 bits per heavy atom. The molecule has 0 radical (unpaired) electrons. The number of benzene rings is 2. The molecule has 0 bridgehead atoms. The molecule has 0 saturated heterocycles. The van der Waals surface area contributed by atoms with Crippen LogP contribution in [-0.4, -0.2) is 25.8 Å². The lowest BCUT2D eigenvalue weighted by Gasteiger charge is -2.09. The second kappa shape index (κ2) is 6.82. The van der Waals surface area contributed by atoms with Crippen LogP contribution in [-0.2, 0) is 0 Å². The van der Waals surface area contributed by atoms with Crippen molar-refractivity contribution in [2.24, 2.45) is 0 Å². The maximum absolute atomic E-state index is 13.7. The molecule has 0 aliphatic heterocycles. The van der Waals surface area contributed by atoms with E-state index < -0.39 is 45.9 Å². The molecule has 146 valence electrons. The fraction of sp³-hybridized carbons (Fsp3) is 0. The molecule has 0 aliphatic rings. The summed E-state index contributed by atoms with van der Waals surface area (Å²) in [6.45, 7) is 0. The Hall–Kier alpha value is -4.08. The van der Waals surface area contributed by atoms with Crippen molar-refractivity contribution < 1.29 is 23.1 Å². The fourth-order valence-corrected chi connectivity index (χ4v) is 2.82. The van der Waals surface area contributed by atoms with Crippen molar-refractivity contribution in [2.75, 3.05) is 5.32 Å². The Balaban J connectivity index is 1.78. The van der Waals surface area contributed by atoms with Gasteiger partial charge >= 0.3 is 0 Å². The van der Waals surface area contributed by atoms with E-state index in [2.05, 4.69) is 15.4 Å². The zero-order valence-corrected chi connectivity index (χ0v) is 14.4. The number of pyridine rings is 1. The number of fused-ring (bicyclic) bond motifs is 1. The third-order valence-electron chi connectivity index (χ3n) is 4.20. The third kappa shape index (κ3) is 3.20. The van der Waals surface area contributed by atoms with E-state index in [4.69, 9.17) is 0 Å². The van der Waals surface area contributed by atoms with Crippen LogP contribution in [0.3, 0.4) is 0 Å². The zero-order valence-electron chi connectivity index (χ0n) is 14.4. The molecule has 1 amide bonds. The first-order valence-electron chi connectivity index (χ1n) is 8.20. The first-order valence-corrected chi connectivity index (χ1v) is 8.20. The molecular weight excluding hydrogens is 389 g/mol. The van der Waals surface area contributed by atoms with Gasteiger partial charge in [-0.15, -0.1) is 0 Å². The van der Waals surface area contributed by atoms with Gasteiger partial charge in [0.15, 0.2) is 0 Å². The molecule has 4 rings (SSSR count). The van der Waals surface area contributed by atoms with Gasteiger partial charge in [0, 0.05) is 6.07 Å². The van der Waals surface area contributed by atoms with Gasteiger partial charge in [-0.25, -0.2) is 17.9 Å². The number of aromatic amines is 1. The van der Waals surface area contributed by atoms with Crippen LogP contribution in [0.2, 0.25) is 0 Å². The van der Waals surface area contributed by atoms with E-state index in [-0.39, 0.29) is 11.0 Å². The quantitative estimate of drug-likeness (QED) is 0.492. The Kier molecular flexibility index (Phi) is 4.30. The van der Waals surface area contributed by atoms with Crippen molar-refractivity contribution in [2.45, 2.75) is 0 Å². The monoisotopic (exact) mass is 400 g/mol. The Morgan fingerprint density at radius 2 is 1.76 bits per heavy atom. The predicted molar refractivity (Wildman–Crippen MR) is 97.6 cm³/mol. The van der Waals surface area contributed by atoms with Crippen molar-refractivity contribution in [3.63, 3.8) is 0 Å². The number of hydrogen-bond acceptors (Lipinski definition) is 4. The lowest BCUT2D eigenvalue weighted by atomic mass is 10.2. The summed E-state index contributed by atoms with van der Waals surface area (Å²) >= 11 is 0. The van der Waals surface area contributed by atoms with Gasteiger partial charge in [0.05, 0.1) is 23.0 Å². The topological polar surface area (TPSA) is 100 Å². The molecule has 0 fully saturated rings. The van der Waals surface area contributed by atoms with Crippen molar-refractivity contribution in [1.82, 2.24) is 14.8 Å². The summed E-state index contributed by atoms with van der Waals surface area (Å²) < 4.78 is 41.4. The lowest BCUT2D eigenvalue weighted by molar-refractivity contribution is 0.102. The van der Waals surface area contributed by atoms with Gasteiger partial charge in [-0.2, -0.15) is 5.10 Å². The van der Waals surface area contributed by atoms with Crippen LogP contribution in [0.15, 0.2) is 53.5 Å². The maximum atomic E-state index is 13.7. The van der Waals surface area contributed by atoms with Crippen LogP contribution in [0.25, 0.3) is 16.7 Å². The maximum Gasteiger partial charge on any atom is 0.266 e. The normalized spacial score (nSPS) is 11.0. The van der Waals surface area contributed by atoms with Crippen LogP contribution in [0.1, 0.15) is 10.4 Å². The molecule has 7 nitrogen and oxygen atoms in total. The van der Waals surface area contributed by atoms with Crippen LogP contribution in [0.4, 0.5) is 18.9 Å². The highest BCUT2D eigenvalue weighted by Crippen LogP contribution is 2.27. The number of rotatable bonds is 3. The largest absolute Gasteiger partial charge is 0.506 e. The molecule has 10 heteroatoms. The van der Waals surface area contributed by atoms with E-state index in [1.54, 1.807) is 0 Å². The number of H-pyrrole nitrogens is 1. The minimum atomic E-state index is -1.13. The number of carbonyl (C=O) groups excluding carboxylic acids is 1. The highest BCUT2D eigenvalue weighted by Gasteiger charge is 2.22. The molecule has 0 atom stereocenters. The van der Waals surface area contributed by atoms with Gasteiger partial charge in [0.25, 0.3) is 11.5 Å². The van der Waals surface area contributed by atoms with E-state index in [1.807, 2.05) is 0 Å². The Bertz CT molecular complexity index is 1310. The molecule has 3 N–H and O–H groups in total. The molecule has 0 aliphatic carbocycles. The molecule has 29 heavy (non-hydrogen) atoms. The molecule has 2 aromatic heterocycles. The first-order chi connectivity index (χ1) is 13.8. The van der Waals surface area contributed by atoms with Gasteiger partial charge in [0.2, 0.25) is 0 Å². The summed E-state index contributed by atoms with van der Waals surface area (Å²) in [4.78, 5) is 27.3. The highest BCUT2D eigenvalue weighted by atomic mass is 19.1. The number of amides is 1. The number of anilines is 1. The van der Waals surface area contributed by atoms with Gasteiger partial charge in [-0.05, 0) is 36.4 Å². The molecule has 0 saturated carbocycles. The summed E-state index contributed by atoms with van der Waals surface area (Å²) in [6, 6.07) is 7.61. The third-order valence-corrected chi connectivity index (χ3v) is 4.20. The minimum absolute atomic E-state index is 0.0267. The molecule has 4 aromatic rings. The number of nitrogens with one attached hydrogen (secondary N) is 2. The van der Waals surface area contributed by atoms with Gasteiger partial charge < -0.3 is 15.4 Å². The molecule has 0 spiro atoms. The van der Waals surface area contributed by atoms with Gasteiger partial charge in [0.1, 0.15) is 34.4 Å². The van der Waals surface area contributed by atoms with Crippen LogP contribution in [0, 0.1) is 17.5 Å². The Labute approximate surface area is 160 Å². The van der Waals surface area contributed by atoms with Gasteiger partial charge in [-0.3, -0.25) is 9.59 Å². The standard InChI is InChI=1S/C19H11F3N4O3/c20-9-1-4-11(5-2-9)26-17-12(8-23-26)16(27)15(19(29)25-17)18(28)24-14-7-10(21)3-6-13(14)22/h1-8H,(H,24,28)(H2,25,27,29). The summed E-state index contributed by atoms with van der Waals surface area (Å²) in [5.74, 6) is -4.00. The second-order valence-corrected chi connectivity index (χ2v) is 6.05. The van der Waals surface area contributed by atoms with E-state index in [0.717, 1.165) is 18.2 Å². The summed E-state index contributed by atoms with van der Waals surface area (Å²) in [5, 5.41) is 16.6. The number of hydrogen-bond donors (Lipinski definition) is 3. The number of halogens is 3. The summed E-state index contributed by atoms with van der Waals surface area (Å²) in [6.07, 6.45) is 1.20. The van der Waals surface area contributed by atoms with Crippen molar-refractivity contribution in [1.29, 1.82) is 0 Å². The SMILES string of the molecule is O=C(Nc1cc(F)ccc1F)c1c(O)c2cnn(-c3ccc(F)cc3)c2[nH]c1=O. The first kappa shape index (κ1) is 18.3. The molecule has 0 unspecified atom stereocenters. The molecular formula is C19H11F3N4O3. The Morgan fingerprint density at radius 1 is 1.07 bits per heavy atom. The second-order valence-electron chi connectivity index (χ2n) is 6.05. The van der Waals surface area contributed by atoms with Crippen molar-refractivity contribution in [3.05, 3.63) is 82.0 Å². The molecule has 2 heterocycles. The lowest BCUT2D eigenvalue weighted by Crippen LogP contribution is -2.24. The molecule has 2 aromatic carbocycles. The van der Waals surface area contributed by atoms with E-state index >= 15 is 0 Å². The zero-order chi connectivity index (χ0) is 20.7. The summed E-state index contributed by atoms with van der Waals surface area (Å²) in [7, 11) is 0. The number of aromatic nitrogens is 3. The van der Waals surface area contributed by atoms with Crippen LogP contribution in [0.5, 0.6) is 5.75 Å². The van der Waals surface area contributed by atoms with E-state index in [9.17, 15) is 27.9 Å². The average molecular weight is 400 g/mol. The van der Waals surface area contributed by atoms with Crippen LogP contribution < -0.4 is 10.9 Å². The van der Waals surface area contributed by atoms with E-state index in [1.165, 1.54) is 35.1 Å². The number of aromatic hydroxyl groups is 1. The predicted octanol–water partition coefficient (Wildman–Crippen LogP) is 3.09. The summed E-state index contributed by atoms with van der Waals surface area (Å²) in [5.41, 5.74) is -1.70. The van der Waals surface area contributed by atoms with E-state index in [0.29, 0.717) is 5.69 Å². The van der Waals surface area contributed by atoms with Crippen LogP contribution >= 0.6 is 0 Å². The van der Waals surface area contributed by atoms with Gasteiger partial charge in [-0.1, -0.05) is 0 Å². The van der Waals surface area contributed by atoms with Crippen molar-refractivity contribution >= 4 is 22.6 Å². The fourth-order valence-electron chi connectivity index (χ4n) is 2.82. The average Bonchev–Trinajstić information content (AvgIpc) is 3.09.